The molecule has 1 heterocycles. The first-order chi connectivity index (χ1) is 12.9. The summed E-state index contributed by atoms with van der Waals surface area (Å²) in [7, 11) is 0. The third-order valence-corrected chi connectivity index (χ3v) is 5.77. The molecule has 27 heavy (non-hydrogen) atoms. The Hall–Kier alpha value is -2.71. The lowest BCUT2D eigenvalue weighted by Crippen LogP contribution is -2.07. The van der Waals surface area contributed by atoms with Crippen molar-refractivity contribution in [1.82, 2.24) is 4.98 Å². The lowest BCUT2D eigenvalue weighted by Gasteiger charge is -2.09. The highest BCUT2D eigenvalue weighted by molar-refractivity contribution is 8.01. The van der Waals surface area contributed by atoms with Crippen LogP contribution in [0.5, 0.6) is 0 Å². The Balaban J connectivity index is 1.84. The van der Waals surface area contributed by atoms with Gasteiger partial charge in [-0.1, -0.05) is 41.6 Å². The highest BCUT2D eigenvalue weighted by Crippen LogP contribution is 2.34. The lowest BCUT2D eigenvalue weighted by atomic mass is 10.1. The minimum atomic E-state index is -0.601. The van der Waals surface area contributed by atoms with Crippen molar-refractivity contribution >= 4 is 34.8 Å². The van der Waals surface area contributed by atoms with E-state index >= 15 is 0 Å². The smallest absolute Gasteiger partial charge is 0.339 e. The van der Waals surface area contributed by atoms with Crippen LogP contribution in [0.25, 0.3) is 0 Å². The van der Waals surface area contributed by atoms with E-state index in [0.717, 1.165) is 21.2 Å². The first kappa shape index (κ1) is 19.1. The largest absolute Gasteiger partial charge is 0.457 e. The second-order valence-electron chi connectivity index (χ2n) is 5.86. The van der Waals surface area contributed by atoms with E-state index in [1.54, 1.807) is 6.07 Å². The third kappa shape index (κ3) is 4.93. The highest BCUT2D eigenvalue weighted by Gasteiger charge is 2.20. The van der Waals surface area contributed by atoms with Gasteiger partial charge in [0.2, 0.25) is 0 Å². The fraction of sp³-hybridized carbons (Fsp3) is 0.158. The van der Waals surface area contributed by atoms with Gasteiger partial charge in [0.05, 0.1) is 10.5 Å². The van der Waals surface area contributed by atoms with Gasteiger partial charge in [-0.2, -0.15) is 0 Å². The summed E-state index contributed by atoms with van der Waals surface area (Å²) in [4.78, 5) is 28.1. The van der Waals surface area contributed by atoms with Crippen LogP contribution in [-0.4, -0.2) is 15.9 Å². The van der Waals surface area contributed by atoms with Gasteiger partial charge in [0.25, 0.3) is 5.69 Å². The molecule has 0 aliphatic rings. The molecule has 0 radical (unpaired) electrons. The van der Waals surface area contributed by atoms with Crippen LogP contribution in [0.1, 0.15) is 27.2 Å². The predicted octanol–water partition coefficient (Wildman–Crippen LogP) is 5.18. The Labute approximate surface area is 164 Å². The van der Waals surface area contributed by atoms with Crippen LogP contribution in [0.2, 0.25) is 0 Å². The summed E-state index contributed by atoms with van der Waals surface area (Å²) in [5.74, 6) is -0.601. The predicted molar refractivity (Wildman–Crippen MR) is 104 cm³/mol. The van der Waals surface area contributed by atoms with Crippen LogP contribution in [0.4, 0.5) is 5.69 Å². The summed E-state index contributed by atoms with van der Waals surface area (Å²) >= 11 is 2.74. The van der Waals surface area contributed by atoms with Crippen molar-refractivity contribution in [3.05, 3.63) is 80.3 Å². The minimum absolute atomic E-state index is 0.101. The number of ether oxygens (including phenoxy) is 1. The number of aromatic nitrogens is 1. The van der Waals surface area contributed by atoms with E-state index in [2.05, 4.69) is 4.98 Å². The number of thiazole rings is 1. The summed E-state index contributed by atoms with van der Waals surface area (Å²) in [5, 5.41) is 13.0. The van der Waals surface area contributed by atoms with Crippen molar-refractivity contribution in [3.8, 4) is 0 Å². The first-order valence-electron chi connectivity index (χ1n) is 8.03. The molecule has 0 aliphatic carbocycles. The van der Waals surface area contributed by atoms with Gasteiger partial charge < -0.3 is 4.74 Å². The van der Waals surface area contributed by atoms with E-state index in [1.165, 1.54) is 35.2 Å². The number of non-ortho nitro benzene ring substituents is 1. The van der Waals surface area contributed by atoms with E-state index in [4.69, 9.17) is 4.74 Å². The van der Waals surface area contributed by atoms with Crippen LogP contribution in [-0.2, 0) is 11.3 Å². The van der Waals surface area contributed by atoms with Gasteiger partial charge in [-0.05, 0) is 25.5 Å². The summed E-state index contributed by atoms with van der Waals surface area (Å²) in [6, 6.07) is 11.8. The number of carbonyl (C=O) groups excluding carboxylic acids is 1. The molecule has 0 unspecified atom stereocenters. The number of carbonyl (C=O) groups is 1. The van der Waals surface area contributed by atoms with E-state index < -0.39 is 10.9 Å². The molecule has 0 N–H and O–H groups in total. The zero-order valence-corrected chi connectivity index (χ0v) is 16.3. The topological polar surface area (TPSA) is 82.3 Å². The van der Waals surface area contributed by atoms with Crippen molar-refractivity contribution in [2.75, 3.05) is 0 Å². The molecule has 8 heteroatoms. The molecule has 0 fully saturated rings. The average molecular weight is 400 g/mol. The molecule has 0 spiro atoms. The van der Waals surface area contributed by atoms with Crippen molar-refractivity contribution in [3.63, 3.8) is 0 Å². The number of aryl methyl sites for hydroxylation is 2. The molecule has 3 rings (SSSR count). The average Bonchev–Trinajstić information content (AvgIpc) is 3.04. The second kappa shape index (κ2) is 8.32. The van der Waals surface area contributed by atoms with Gasteiger partial charge in [0.1, 0.15) is 6.61 Å². The molecular weight excluding hydrogens is 384 g/mol. The van der Waals surface area contributed by atoms with E-state index in [9.17, 15) is 14.9 Å². The Kier molecular flexibility index (Phi) is 5.88. The fourth-order valence-corrected chi connectivity index (χ4v) is 4.27. The normalized spacial score (nSPS) is 10.6. The summed E-state index contributed by atoms with van der Waals surface area (Å²) in [5.41, 5.74) is 2.81. The molecule has 138 valence electrons. The molecule has 0 saturated heterocycles. The third-order valence-electron chi connectivity index (χ3n) is 3.64. The molecule has 0 amide bonds. The second-order valence-corrected chi connectivity index (χ2v) is 8.01. The van der Waals surface area contributed by atoms with Crippen LogP contribution in [0, 0.1) is 24.0 Å². The van der Waals surface area contributed by atoms with Gasteiger partial charge >= 0.3 is 5.97 Å². The summed E-state index contributed by atoms with van der Waals surface area (Å²) in [6.07, 6.45) is 0. The number of nitro benzene ring substituents is 1. The molecule has 3 aromatic rings. The lowest BCUT2D eigenvalue weighted by molar-refractivity contribution is -0.384. The molecule has 0 atom stereocenters. The molecule has 6 nitrogen and oxygen atoms in total. The Bertz CT molecular complexity index is 1000. The van der Waals surface area contributed by atoms with E-state index in [-0.39, 0.29) is 17.9 Å². The number of rotatable bonds is 6. The van der Waals surface area contributed by atoms with Gasteiger partial charge in [0, 0.05) is 28.1 Å². The Morgan fingerprint density at radius 3 is 2.74 bits per heavy atom. The van der Waals surface area contributed by atoms with Crippen LogP contribution in [0.15, 0.2) is 57.1 Å². The number of esters is 1. The standard InChI is InChI=1S/C19H16N2O4S2/c1-12-4-3-5-14(8-12)10-25-18(22)16-9-15(21(23)24)6-7-17(16)27-19-20-13(2)11-26-19/h3-9,11H,10H2,1-2H3. The highest BCUT2D eigenvalue weighted by atomic mass is 32.2. The zero-order chi connectivity index (χ0) is 19.4. The number of hydrogen-bond donors (Lipinski definition) is 0. The van der Waals surface area contributed by atoms with Crippen LogP contribution in [0.3, 0.4) is 0 Å². The zero-order valence-electron chi connectivity index (χ0n) is 14.7. The van der Waals surface area contributed by atoms with E-state index in [0.29, 0.717) is 4.90 Å². The monoisotopic (exact) mass is 400 g/mol. The minimum Gasteiger partial charge on any atom is -0.457 e. The Morgan fingerprint density at radius 1 is 1.26 bits per heavy atom. The van der Waals surface area contributed by atoms with Gasteiger partial charge in [0.15, 0.2) is 4.34 Å². The van der Waals surface area contributed by atoms with Crippen LogP contribution < -0.4 is 0 Å². The number of benzene rings is 2. The molecule has 0 bridgehead atoms. The molecule has 0 aliphatic heterocycles. The van der Waals surface area contributed by atoms with Crippen LogP contribution >= 0.6 is 23.1 Å². The quantitative estimate of drug-likeness (QED) is 0.322. The van der Waals surface area contributed by atoms with Crippen molar-refractivity contribution in [2.24, 2.45) is 0 Å². The molecule has 1 aromatic heterocycles. The van der Waals surface area contributed by atoms with Crippen molar-refractivity contribution in [1.29, 1.82) is 0 Å². The maximum Gasteiger partial charge on any atom is 0.339 e. The van der Waals surface area contributed by atoms with Gasteiger partial charge in [-0.25, -0.2) is 9.78 Å². The fourth-order valence-electron chi connectivity index (χ4n) is 2.38. The summed E-state index contributed by atoms with van der Waals surface area (Å²) < 4.78 is 6.15. The maximum atomic E-state index is 12.6. The molecule has 2 aromatic carbocycles. The number of nitro groups is 1. The molecular formula is C19H16N2O4S2. The Morgan fingerprint density at radius 2 is 2.07 bits per heavy atom. The van der Waals surface area contributed by atoms with E-state index in [1.807, 2.05) is 43.5 Å². The SMILES string of the molecule is Cc1cccc(COC(=O)c2cc([N+](=O)[O-])ccc2Sc2nc(C)cs2)c1. The summed E-state index contributed by atoms with van der Waals surface area (Å²) in [6.45, 7) is 3.94. The van der Waals surface area contributed by atoms with Gasteiger partial charge in [-0.3, -0.25) is 10.1 Å². The molecule has 0 saturated carbocycles. The van der Waals surface area contributed by atoms with Gasteiger partial charge in [-0.15, -0.1) is 11.3 Å². The maximum absolute atomic E-state index is 12.6. The van der Waals surface area contributed by atoms with Crippen molar-refractivity contribution < 1.29 is 14.5 Å². The van der Waals surface area contributed by atoms with Crippen molar-refractivity contribution in [2.45, 2.75) is 29.7 Å². The first-order valence-corrected chi connectivity index (χ1v) is 9.73. The number of nitrogens with zero attached hydrogens (tertiary/aromatic N) is 2. The number of hydrogen-bond acceptors (Lipinski definition) is 7.